The Morgan fingerprint density at radius 3 is 2.52 bits per heavy atom. The molecular formula is C30H35IN2O7. The van der Waals surface area contributed by atoms with Crippen LogP contribution in [0.2, 0.25) is 0 Å². The molecule has 2 aromatic rings. The van der Waals surface area contributed by atoms with E-state index < -0.39 is 24.2 Å². The summed E-state index contributed by atoms with van der Waals surface area (Å²) in [6, 6.07) is 10.3. The standard InChI is InChI=1S/C30H35IN2O7/c1-18-6-8-19(9-7-18)16-33(30(38)21-4-3-5-21)24-14-22(29(37)32-10-11-34)15-25(27(24)36)40-28-23(31)12-20(17-35)13-26(28)39-2/h6-9,12-13,15,17,21,24-25,27,34,36H,3-5,10-11,14,16H2,1-2H3,(H,32,37)/t24-,25+,27+/m1/s1. The highest BCUT2D eigenvalue weighted by Gasteiger charge is 2.43. The van der Waals surface area contributed by atoms with Gasteiger partial charge in [0.05, 0.1) is 23.3 Å². The summed E-state index contributed by atoms with van der Waals surface area (Å²) in [5.74, 6) is 0.0646. The Balaban J connectivity index is 1.72. The van der Waals surface area contributed by atoms with Gasteiger partial charge < -0.3 is 29.9 Å². The van der Waals surface area contributed by atoms with Gasteiger partial charge in [-0.25, -0.2) is 0 Å². The molecule has 0 spiro atoms. The van der Waals surface area contributed by atoms with E-state index in [2.05, 4.69) is 5.32 Å². The monoisotopic (exact) mass is 662 g/mol. The number of hydrogen-bond acceptors (Lipinski definition) is 7. The zero-order valence-corrected chi connectivity index (χ0v) is 24.8. The second-order valence-corrected chi connectivity index (χ2v) is 11.4. The Morgan fingerprint density at radius 2 is 1.93 bits per heavy atom. The number of aryl methyl sites for hydroxylation is 1. The molecule has 0 saturated heterocycles. The van der Waals surface area contributed by atoms with Gasteiger partial charge in [-0.3, -0.25) is 14.4 Å². The molecule has 4 rings (SSSR count). The molecule has 0 bridgehead atoms. The quantitative estimate of drug-likeness (QED) is 0.250. The minimum atomic E-state index is -1.16. The number of methoxy groups -OCH3 is 1. The van der Waals surface area contributed by atoms with E-state index in [-0.39, 0.29) is 37.9 Å². The number of aliphatic hydroxyl groups is 2. The molecule has 2 aliphatic carbocycles. The molecule has 0 aliphatic heterocycles. The highest BCUT2D eigenvalue weighted by Crippen LogP contribution is 2.38. The number of halogens is 1. The molecule has 2 aromatic carbocycles. The number of ether oxygens (including phenoxy) is 2. The normalized spacial score (nSPS) is 20.6. The number of benzene rings is 2. The molecule has 10 heteroatoms. The van der Waals surface area contributed by atoms with Crippen molar-refractivity contribution >= 4 is 40.7 Å². The van der Waals surface area contributed by atoms with Crippen LogP contribution in [0.25, 0.3) is 0 Å². The Morgan fingerprint density at radius 1 is 1.20 bits per heavy atom. The zero-order valence-electron chi connectivity index (χ0n) is 22.6. The van der Waals surface area contributed by atoms with Gasteiger partial charge in [0.15, 0.2) is 11.5 Å². The molecule has 0 radical (unpaired) electrons. The van der Waals surface area contributed by atoms with Crippen LogP contribution in [0.3, 0.4) is 0 Å². The van der Waals surface area contributed by atoms with Crippen molar-refractivity contribution in [3.63, 3.8) is 0 Å². The van der Waals surface area contributed by atoms with Crippen LogP contribution < -0.4 is 14.8 Å². The number of hydrogen-bond donors (Lipinski definition) is 3. The third-order valence-corrected chi connectivity index (χ3v) is 8.27. The minimum absolute atomic E-state index is 0.0471. The van der Waals surface area contributed by atoms with E-state index in [0.29, 0.717) is 32.5 Å². The lowest BCUT2D eigenvalue weighted by Gasteiger charge is -2.43. The van der Waals surface area contributed by atoms with Gasteiger partial charge in [0.25, 0.3) is 0 Å². The first-order valence-corrected chi connectivity index (χ1v) is 14.5. The summed E-state index contributed by atoms with van der Waals surface area (Å²) in [5, 5.41) is 23.6. The van der Waals surface area contributed by atoms with Crippen molar-refractivity contribution in [1.29, 1.82) is 0 Å². The maximum Gasteiger partial charge on any atom is 0.247 e. The second kappa shape index (κ2) is 13.6. The van der Waals surface area contributed by atoms with Crippen LogP contribution in [0.1, 0.15) is 47.2 Å². The van der Waals surface area contributed by atoms with Crippen LogP contribution in [0, 0.1) is 16.4 Å². The lowest BCUT2D eigenvalue weighted by molar-refractivity contribution is -0.146. The molecule has 0 aromatic heterocycles. The fourth-order valence-electron chi connectivity index (χ4n) is 4.98. The van der Waals surface area contributed by atoms with Crippen LogP contribution in [-0.4, -0.2) is 71.7 Å². The number of nitrogens with one attached hydrogen (secondary N) is 1. The summed E-state index contributed by atoms with van der Waals surface area (Å²) in [6.45, 7) is 2.13. The van der Waals surface area contributed by atoms with Crippen LogP contribution >= 0.6 is 22.6 Å². The van der Waals surface area contributed by atoms with E-state index in [9.17, 15) is 24.6 Å². The summed E-state index contributed by atoms with van der Waals surface area (Å²) >= 11 is 2.03. The average molecular weight is 663 g/mol. The van der Waals surface area contributed by atoms with Crippen molar-refractivity contribution in [2.24, 2.45) is 5.92 Å². The zero-order chi connectivity index (χ0) is 28.8. The average Bonchev–Trinajstić information content (AvgIpc) is 2.92. The maximum absolute atomic E-state index is 13.7. The lowest BCUT2D eigenvalue weighted by Crippen LogP contribution is -2.56. The first kappa shape index (κ1) is 30.0. The summed E-state index contributed by atoms with van der Waals surface area (Å²) in [7, 11) is 1.46. The highest BCUT2D eigenvalue weighted by molar-refractivity contribution is 14.1. The third kappa shape index (κ3) is 6.84. The van der Waals surface area contributed by atoms with E-state index in [0.717, 1.165) is 30.4 Å². The van der Waals surface area contributed by atoms with E-state index >= 15 is 0 Å². The third-order valence-electron chi connectivity index (χ3n) is 7.47. The Bertz CT molecular complexity index is 1260. The molecule has 3 N–H and O–H groups in total. The van der Waals surface area contributed by atoms with Crippen molar-refractivity contribution in [2.75, 3.05) is 20.3 Å². The summed E-state index contributed by atoms with van der Waals surface area (Å²) in [4.78, 5) is 39.9. The minimum Gasteiger partial charge on any atom is -0.493 e. The molecule has 0 heterocycles. The molecule has 0 unspecified atom stereocenters. The summed E-state index contributed by atoms with van der Waals surface area (Å²) in [6.07, 6.45) is 2.82. The fourth-order valence-corrected chi connectivity index (χ4v) is 5.73. The molecule has 214 valence electrons. The van der Waals surface area contributed by atoms with Crippen LogP contribution in [0.5, 0.6) is 11.5 Å². The number of aldehydes is 1. The smallest absolute Gasteiger partial charge is 0.247 e. The number of aliphatic hydroxyl groups excluding tert-OH is 2. The Kier molecular flexibility index (Phi) is 10.2. The number of carbonyl (C=O) groups is 3. The van der Waals surface area contributed by atoms with Crippen molar-refractivity contribution < 1.29 is 34.1 Å². The molecular weight excluding hydrogens is 627 g/mol. The topological polar surface area (TPSA) is 125 Å². The largest absolute Gasteiger partial charge is 0.493 e. The van der Waals surface area contributed by atoms with Gasteiger partial charge >= 0.3 is 0 Å². The van der Waals surface area contributed by atoms with E-state index in [1.165, 1.54) is 7.11 Å². The van der Waals surface area contributed by atoms with E-state index in [1.807, 2.05) is 53.8 Å². The first-order chi connectivity index (χ1) is 19.2. The van der Waals surface area contributed by atoms with Gasteiger partial charge in [0.2, 0.25) is 11.8 Å². The summed E-state index contributed by atoms with van der Waals surface area (Å²) in [5.41, 5.74) is 2.78. The molecule has 3 atom stereocenters. The van der Waals surface area contributed by atoms with Gasteiger partial charge in [-0.2, -0.15) is 0 Å². The van der Waals surface area contributed by atoms with Crippen molar-refractivity contribution in [3.05, 3.63) is 68.3 Å². The summed E-state index contributed by atoms with van der Waals surface area (Å²) < 4.78 is 12.3. The van der Waals surface area contributed by atoms with Crippen LogP contribution in [0.4, 0.5) is 0 Å². The molecule has 9 nitrogen and oxygen atoms in total. The predicted octanol–water partition coefficient (Wildman–Crippen LogP) is 3.17. The van der Waals surface area contributed by atoms with Crippen molar-refractivity contribution in [1.82, 2.24) is 10.2 Å². The number of amides is 2. The van der Waals surface area contributed by atoms with E-state index in [4.69, 9.17) is 9.47 Å². The Labute approximate surface area is 247 Å². The van der Waals surface area contributed by atoms with Gasteiger partial charge in [0.1, 0.15) is 18.5 Å². The molecule has 1 saturated carbocycles. The maximum atomic E-state index is 13.7. The first-order valence-electron chi connectivity index (χ1n) is 13.4. The van der Waals surface area contributed by atoms with Gasteiger partial charge in [-0.05, 0) is 66.1 Å². The van der Waals surface area contributed by atoms with Gasteiger partial charge in [0, 0.05) is 36.6 Å². The number of nitrogens with zero attached hydrogens (tertiary/aromatic N) is 1. The number of carbonyl (C=O) groups excluding carboxylic acids is 3. The highest BCUT2D eigenvalue weighted by atomic mass is 127. The van der Waals surface area contributed by atoms with Crippen LogP contribution in [-0.2, 0) is 16.1 Å². The SMILES string of the molecule is COc1cc(C=O)cc(I)c1O[C@H]1C=C(C(=O)NCCO)C[C@@H](N(Cc2ccc(C)cc2)C(=O)C2CCC2)[C@@H]1O. The Hall–Kier alpha value is -2.96. The lowest BCUT2D eigenvalue weighted by atomic mass is 9.82. The molecule has 1 fully saturated rings. The number of rotatable bonds is 11. The molecule has 2 aliphatic rings. The van der Waals surface area contributed by atoms with Gasteiger partial charge in [-0.15, -0.1) is 0 Å². The van der Waals surface area contributed by atoms with Gasteiger partial charge in [-0.1, -0.05) is 36.2 Å². The van der Waals surface area contributed by atoms with E-state index in [1.54, 1.807) is 23.1 Å². The molecule has 40 heavy (non-hydrogen) atoms. The van der Waals surface area contributed by atoms with Crippen LogP contribution in [0.15, 0.2) is 48.0 Å². The second-order valence-electron chi connectivity index (χ2n) is 10.2. The fraction of sp³-hybridized carbons (Fsp3) is 0.433. The van der Waals surface area contributed by atoms with Crippen molar-refractivity contribution in [2.45, 2.75) is 57.4 Å². The predicted molar refractivity (Wildman–Crippen MR) is 157 cm³/mol. The van der Waals surface area contributed by atoms with Crippen molar-refractivity contribution in [3.8, 4) is 11.5 Å². The molecule has 2 amide bonds.